The number of alkyl halides is 3. The Morgan fingerprint density at radius 3 is 2.52 bits per heavy atom. The van der Waals surface area contributed by atoms with Crippen molar-refractivity contribution in [2.24, 2.45) is 5.92 Å². The first-order valence-electron chi connectivity index (χ1n) is 9.34. The zero-order chi connectivity index (χ0) is 21.2. The fraction of sp³-hybridized carbons (Fsp3) is 0.611. The van der Waals surface area contributed by atoms with Crippen LogP contribution in [-0.4, -0.2) is 57.2 Å². The molecule has 1 aliphatic carbocycles. The number of sulfonamides is 1. The molecule has 1 saturated carbocycles. The second-order valence-corrected chi connectivity index (χ2v) is 9.17. The summed E-state index contributed by atoms with van der Waals surface area (Å²) in [5.74, 6) is -3.37. The van der Waals surface area contributed by atoms with E-state index in [1.165, 1.54) is 4.31 Å². The van der Waals surface area contributed by atoms with Gasteiger partial charge >= 0.3 is 6.18 Å². The van der Waals surface area contributed by atoms with Crippen molar-refractivity contribution < 1.29 is 35.5 Å². The smallest absolute Gasteiger partial charge is 0.379 e. The standard InChI is InChI=1S/C18H22F4N2O4S/c19-16-5-4-14(29(26,27)24-6-8-28-9-7-24)11-15(16)17(25)23-13-3-1-2-12(10-13)18(20,21)22/h4-5,11-13H,1-3,6-10H2,(H,23,25). The number of hydrogen-bond acceptors (Lipinski definition) is 4. The average Bonchev–Trinajstić information content (AvgIpc) is 2.68. The van der Waals surface area contributed by atoms with Crippen LogP contribution in [0, 0.1) is 11.7 Å². The molecule has 1 aromatic carbocycles. The lowest BCUT2D eigenvalue weighted by Crippen LogP contribution is -2.42. The van der Waals surface area contributed by atoms with Crippen molar-refractivity contribution in [3.8, 4) is 0 Å². The highest BCUT2D eigenvalue weighted by atomic mass is 32.2. The van der Waals surface area contributed by atoms with Gasteiger partial charge in [0.1, 0.15) is 5.82 Å². The van der Waals surface area contributed by atoms with E-state index in [4.69, 9.17) is 4.74 Å². The molecule has 2 atom stereocenters. The number of morpholine rings is 1. The van der Waals surface area contributed by atoms with Crippen molar-refractivity contribution in [3.63, 3.8) is 0 Å². The van der Waals surface area contributed by atoms with E-state index in [2.05, 4.69) is 5.32 Å². The lowest BCUT2D eigenvalue weighted by atomic mass is 9.85. The number of nitrogens with one attached hydrogen (secondary N) is 1. The number of carbonyl (C=O) groups is 1. The third-order valence-electron chi connectivity index (χ3n) is 5.26. The molecule has 6 nitrogen and oxygen atoms in total. The van der Waals surface area contributed by atoms with E-state index < -0.39 is 45.4 Å². The summed E-state index contributed by atoms with van der Waals surface area (Å²) in [6.45, 7) is 0.746. The van der Waals surface area contributed by atoms with Crippen LogP contribution >= 0.6 is 0 Å². The Bertz CT molecular complexity index is 854. The van der Waals surface area contributed by atoms with Crippen molar-refractivity contribution in [1.29, 1.82) is 0 Å². The predicted octanol–water partition coefficient (Wildman–Crippen LogP) is 2.70. The summed E-state index contributed by atoms with van der Waals surface area (Å²) in [5, 5.41) is 2.43. The molecule has 2 fully saturated rings. The Kier molecular flexibility index (Phi) is 6.49. The summed E-state index contributed by atoms with van der Waals surface area (Å²) < 4.78 is 84.8. The van der Waals surface area contributed by atoms with Crippen molar-refractivity contribution in [3.05, 3.63) is 29.6 Å². The molecule has 1 amide bonds. The minimum atomic E-state index is -4.35. The maximum Gasteiger partial charge on any atom is 0.391 e. The SMILES string of the molecule is O=C(NC1CCCC(C(F)(F)F)C1)c1cc(S(=O)(=O)N2CCOCC2)ccc1F. The van der Waals surface area contributed by atoms with Crippen LogP contribution in [-0.2, 0) is 14.8 Å². The number of rotatable bonds is 4. The van der Waals surface area contributed by atoms with Crippen LogP contribution in [0.1, 0.15) is 36.0 Å². The van der Waals surface area contributed by atoms with Crippen LogP contribution in [0.5, 0.6) is 0 Å². The van der Waals surface area contributed by atoms with Crippen LogP contribution in [0.2, 0.25) is 0 Å². The molecule has 0 radical (unpaired) electrons. The van der Waals surface area contributed by atoms with E-state index in [0.717, 1.165) is 18.2 Å². The lowest BCUT2D eigenvalue weighted by molar-refractivity contribution is -0.183. The Morgan fingerprint density at radius 1 is 1.17 bits per heavy atom. The van der Waals surface area contributed by atoms with Crippen LogP contribution in [0.4, 0.5) is 17.6 Å². The zero-order valence-electron chi connectivity index (χ0n) is 15.5. The topological polar surface area (TPSA) is 75.7 Å². The molecule has 2 unspecified atom stereocenters. The lowest BCUT2D eigenvalue weighted by Gasteiger charge is -2.31. The highest BCUT2D eigenvalue weighted by Crippen LogP contribution is 2.37. The Labute approximate surface area is 166 Å². The summed E-state index contributed by atoms with van der Waals surface area (Å²) >= 11 is 0. The minimum absolute atomic E-state index is 0.00247. The van der Waals surface area contributed by atoms with Crippen molar-refractivity contribution in [2.75, 3.05) is 26.3 Å². The van der Waals surface area contributed by atoms with Gasteiger partial charge < -0.3 is 10.1 Å². The Morgan fingerprint density at radius 2 is 1.86 bits per heavy atom. The van der Waals surface area contributed by atoms with E-state index in [-0.39, 0.29) is 44.0 Å². The number of nitrogens with zero attached hydrogens (tertiary/aromatic N) is 1. The van der Waals surface area contributed by atoms with E-state index in [1.807, 2.05) is 0 Å². The van der Waals surface area contributed by atoms with Gasteiger partial charge in [0.15, 0.2) is 0 Å². The van der Waals surface area contributed by atoms with E-state index in [9.17, 15) is 30.8 Å². The molecule has 1 aromatic rings. The fourth-order valence-corrected chi connectivity index (χ4v) is 5.09. The molecule has 3 rings (SSSR count). The van der Waals surface area contributed by atoms with Gasteiger partial charge in [0.05, 0.1) is 29.6 Å². The maximum absolute atomic E-state index is 14.2. The van der Waals surface area contributed by atoms with E-state index in [1.54, 1.807) is 0 Å². The Hall–Kier alpha value is -1.72. The van der Waals surface area contributed by atoms with Crippen molar-refractivity contribution in [2.45, 2.75) is 42.8 Å². The number of carbonyl (C=O) groups excluding carboxylic acids is 1. The summed E-state index contributed by atoms with van der Waals surface area (Å²) in [7, 11) is -3.94. The van der Waals surface area contributed by atoms with E-state index >= 15 is 0 Å². The molecule has 1 aliphatic heterocycles. The predicted molar refractivity (Wildman–Crippen MR) is 95.2 cm³/mol. The first kappa shape index (κ1) is 22.0. The largest absolute Gasteiger partial charge is 0.391 e. The van der Waals surface area contributed by atoms with Gasteiger partial charge in [0.25, 0.3) is 5.91 Å². The summed E-state index contributed by atoms with van der Waals surface area (Å²) in [6, 6.07) is 2.13. The number of hydrogen-bond donors (Lipinski definition) is 1. The van der Waals surface area contributed by atoms with E-state index in [0.29, 0.717) is 12.8 Å². The first-order chi connectivity index (χ1) is 13.6. The van der Waals surface area contributed by atoms with Gasteiger partial charge in [-0.3, -0.25) is 4.79 Å². The van der Waals surface area contributed by atoms with Gasteiger partial charge in [0, 0.05) is 19.1 Å². The van der Waals surface area contributed by atoms with Crippen molar-refractivity contribution in [1.82, 2.24) is 9.62 Å². The maximum atomic E-state index is 14.2. The zero-order valence-corrected chi connectivity index (χ0v) is 16.4. The van der Waals surface area contributed by atoms with Gasteiger partial charge in [-0.1, -0.05) is 6.42 Å². The molecule has 0 aromatic heterocycles. The number of halogens is 4. The van der Waals surface area contributed by atoms with Gasteiger partial charge in [-0.2, -0.15) is 17.5 Å². The third kappa shape index (κ3) is 5.07. The van der Waals surface area contributed by atoms with Crippen LogP contribution < -0.4 is 5.32 Å². The molecule has 29 heavy (non-hydrogen) atoms. The quantitative estimate of drug-likeness (QED) is 0.734. The third-order valence-corrected chi connectivity index (χ3v) is 7.16. The van der Waals surface area contributed by atoms with Gasteiger partial charge in [-0.15, -0.1) is 0 Å². The number of ether oxygens (including phenoxy) is 1. The highest BCUT2D eigenvalue weighted by Gasteiger charge is 2.42. The second kappa shape index (κ2) is 8.57. The number of benzene rings is 1. The normalized spacial score (nSPS) is 24.3. The Balaban J connectivity index is 1.76. The molecule has 1 saturated heterocycles. The summed E-state index contributed by atoms with van der Waals surface area (Å²) in [6.07, 6.45) is -3.98. The molecular formula is C18H22F4N2O4S. The molecular weight excluding hydrogens is 416 g/mol. The van der Waals surface area contributed by atoms with Gasteiger partial charge in [-0.25, -0.2) is 12.8 Å². The molecule has 1 heterocycles. The van der Waals surface area contributed by atoms with Crippen LogP contribution in [0.25, 0.3) is 0 Å². The molecule has 162 valence electrons. The van der Waals surface area contributed by atoms with Crippen LogP contribution in [0.3, 0.4) is 0 Å². The summed E-state index contributed by atoms with van der Waals surface area (Å²) in [5.41, 5.74) is -0.506. The summed E-state index contributed by atoms with van der Waals surface area (Å²) in [4.78, 5) is 12.2. The van der Waals surface area contributed by atoms with Crippen LogP contribution in [0.15, 0.2) is 23.1 Å². The highest BCUT2D eigenvalue weighted by molar-refractivity contribution is 7.89. The fourth-order valence-electron chi connectivity index (χ4n) is 3.66. The number of amides is 1. The molecule has 1 N–H and O–H groups in total. The van der Waals surface area contributed by atoms with Crippen molar-refractivity contribution >= 4 is 15.9 Å². The monoisotopic (exact) mass is 438 g/mol. The minimum Gasteiger partial charge on any atom is -0.379 e. The second-order valence-electron chi connectivity index (χ2n) is 7.23. The molecule has 0 spiro atoms. The first-order valence-corrected chi connectivity index (χ1v) is 10.8. The van der Waals surface area contributed by atoms with Gasteiger partial charge in [-0.05, 0) is 37.5 Å². The molecule has 2 aliphatic rings. The average molecular weight is 438 g/mol. The molecule has 0 bridgehead atoms. The molecule has 11 heteroatoms. The van der Waals surface area contributed by atoms with Gasteiger partial charge in [0.2, 0.25) is 10.0 Å².